The molecule has 0 spiro atoms. The second-order valence-corrected chi connectivity index (χ2v) is 5.23. The normalized spacial score (nSPS) is 10.8. The number of primary amides is 1. The van der Waals surface area contributed by atoms with Crippen LogP contribution in [0, 0.1) is 0 Å². The van der Waals surface area contributed by atoms with Crippen LogP contribution in [0.15, 0.2) is 42.7 Å². The molecule has 0 fully saturated rings. The number of hydrogen-bond acceptors (Lipinski definition) is 4. The summed E-state index contributed by atoms with van der Waals surface area (Å²) in [6.07, 6.45) is 3.25. The molecule has 0 aliphatic rings. The van der Waals surface area contributed by atoms with Gasteiger partial charge in [-0.05, 0) is 29.3 Å². The molecule has 0 unspecified atom stereocenters. The predicted molar refractivity (Wildman–Crippen MR) is 83.4 cm³/mol. The number of anilines is 1. The Labute approximate surface area is 128 Å². The van der Waals surface area contributed by atoms with Crippen molar-refractivity contribution in [2.75, 3.05) is 12.3 Å². The highest BCUT2D eigenvalue weighted by Crippen LogP contribution is 2.17. The highest BCUT2D eigenvalue weighted by molar-refractivity contribution is 6.31. The van der Waals surface area contributed by atoms with Gasteiger partial charge in [0.2, 0.25) is 5.91 Å². The number of carbonyl (C=O) groups is 1. The van der Waals surface area contributed by atoms with Crippen molar-refractivity contribution in [3.05, 3.63) is 58.9 Å². The van der Waals surface area contributed by atoms with Crippen LogP contribution in [0.5, 0.6) is 0 Å². The number of amides is 1. The lowest BCUT2D eigenvalue weighted by Crippen LogP contribution is -2.33. The molecule has 0 atom stereocenters. The molecule has 0 aliphatic carbocycles. The zero-order chi connectivity index (χ0) is 15.2. The summed E-state index contributed by atoms with van der Waals surface area (Å²) < 4.78 is 0. The average molecular weight is 305 g/mol. The smallest absolute Gasteiger partial charge is 0.231 e. The number of hydrogen-bond donors (Lipinski definition) is 2. The van der Waals surface area contributed by atoms with Crippen molar-refractivity contribution < 1.29 is 4.79 Å². The van der Waals surface area contributed by atoms with E-state index < -0.39 is 0 Å². The van der Waals surface area contributed by atoms with Crippen LogP contribution in [-0.2, 0) is 17.9 Å². The fourth-order valence-corrected chi connectivity index (χ4v) is 2.29. The van der Waals surface area contributed by atoms with E-state index in [-0.39, 0.29) is 12.5 Å². The Morgan fingerprint density at radius 2 is 2.10 bits per heavy atom. The number of carbonyl (C=O) groups excluding carboxylic acids is 1. The number of nitrogens with two attached hydrogens (primary N) is 2. The molecule has 2 aromatic rings. The van der Waals surface area contributed by atoms with Gasteiger partial charge in [-0.25, -0.2) is 0 Å². The molecule has 0 saturated carbocycles. The molecule has 2 rings (SSSR count). The first-order valence-corrected chi connectivity index (χ1v) is 6.86. The van der Waals surface area contributed by atoms with E-state index in [1.807, 2.05) is 35.2 Å². The highest BCUT2D eigenvalue weighted by Gasteiger charge is 2.12. The van der Waals surface area contributed by atoms with Gasteiger partial charge in [0.15, 0.2) is 0 Å². The minimum atomic E-state index is -0.385. The first-order chi connectivity index (χ1) is 10.0. The van der Waals surface area contributed by atoms with Crippen LogP contribution < -0.4 is 11.5 Å². The SMILES string of the molecule is NC(=O)CN(Cc1cccc(N)c1)Cc1ccncc1Cl. The molecule has 0 aliphatic heterocycles. The van der Waals surface area contributed by atoms with Crippen LogP contribution in [0.1, 0.15) is 11.1 Å². The van der Waals surface area contributed by atoms with Crippen molar-refractivity contribution in [3.63, 3.8) is 0 Å². The number of nitrogens with zero attached hydrogens (tertiary/aromatic N) is 2. The van der Waals surface area contributed by atoms with Gasteiger partial charge in [0.25, 0.3) is 0 Å². The Balaban J connectivity index is 2.15. The number of benzene rings is 1. The molecule has 0 radical (unpaired) electrons. The summed E-state index contributed by atoms with van der Waals surface area (Å²) in [4.78, 5) is 17.1. The number of nitrogen functional groups attached to an aromatic ring is 1. The molecule has 1 heterocycles. The molecule has 0 bridgehead atoms. The summed E-state index contributed by atoms with van der Waals surface area (Å²) in [7, 11) is 0. The van der Waals surface area contributed by atoms with Crippen LogP contribution in [0.4, 0.5) is 5.69 Å². The fourth-order valence-electron chi connectivity index (χ4n) is 2.11. The van der Waals surface area contributed by atoms with Crippen molar-refractivity contribution in [2.24, 2.45) is 5.73 Å². The van der Waals surface area contributed by atoms with E-state index in [9.17, 15) is 4.79 Å². The lowest BCUT2D eigenvalue weighted by molar-refractivity contribution is -0.119. The topological polar surface area (TPSA) is 85.2 Å². The van der Waals surface area contributed by atoms with Gasteiger partial charge in [-0.2, -0.15) is 0 Å². The first kappa shape index (κ1) is 15.3. The fraction of sp³-hybridized carbons (Fsp3) is 0.200. The van der Waals surface area contributed by atoms with Crippen LogP contribution >= 0.6 is 11.6 Å². The van der Waals surface area contributed by atoms with Gasteiger partial charge in [-0.1, -0.05) is 23.7 Å². The summed E-state index contributed by atoms with van der Waals surface area (Å²) >= 11 is 6.11. The van der Waals surface area contributed by atoms with E-state index in [4.69, 9.17) is 23.1 Å². The van der Waals surface area contributed by atoms with Crippen LogP contribution in [0.2, 0.25) is 5.02 Å². The summed E-state index contributed by atoms with van der Waals surface area (Å²) in [5.74, 6) is -0.385. The van der Waals surface area contributed by atoms with Crippen molar-refractivity contribution in [1.82, 2.24) is 9.88 Å². The Kier molecular flexibility index (Phi) is 5.14. The largest absolute Gasteiger partial charge is 0.399 e. The van der Waals surface area contributed by atoms with Crippen LogP contribution in [0.25, 0.3) is 0 Å². The summed E-state index contributed by atoms with van der Waals surface area (Å²) in [6, 6.07) is 9.37. The van der Waals surface area contributed by atoms with Gasteiger partial charge in [0.1, 0.15) is 0 Å². The lowest BCUT2D eigenvalue weighted by Gasteiger charge is -2.21. The van der Waals surface area contributed by atoms with Gasteiger partial charge in [0, 0.05) is 31.2 Å². The lowest BCUT2D eigenvalue weighted by atomic mass is 10.1. The standard InChI is InChI=1S/C15H17ClN4O/c16-14-7-19-5-4-12(14)9-20(10-15(18)21)8-11-2-1-3-13(17)6-11/h1-7H,8-10,17H2,(H2,18,21). The van der Waals surface area contributed by atoms with E-state index in [0.29, 0.717) is 23.8 Å². The third-order valence-corrected chi connectivity index (χ3v) is 3.33. The van der Waals surface area contributed by atoms with E-state index >= 15 is 0 Å². The molecule has 1 amide bonds. The average Bonchev–Trinajstić information content (AvgIpc) is 2.40. The zero-order valence-corrected chi connectivity index (χ0v) is 12.3. The number of pyridine rings is 1. The van der Waals surface area contributed by atoms with E-state index in [2.05, 4.69) is 4.98 Å². The molecular formula is C15H17ClN4O. The Morgan fingerprint density at radius 1 is 1.29 bits per heavy atom. The molecule has 21 heavy (non-hydrogen) atoms. The van der Waals surface area contributed by atoms with Crippen molar-refractivity contribution in [1.29, 1.82) is 0 Å². The summed E-state index contributed by atoms with van der Waals surface area (Å²) in [5.41, 5.74) is 13.7. The predicted octanol–water partition coefficient (Wildman–Crippen LogP) is 1.80. The molecule has 0 saturated heterocycles. The molecule has 1 aromatic carbocycles. The zero-order valence-electron chi connectivity index (χ0n) is 11.5. The third kappa shape index (κ3) is 4.73. The van der Waals surface area contributed by atoms with Gasteiger partial charge in [-0.15, -0.1) is 0 Å². The van der Waals surface area contributed by atoms with Gasteiger partial charge in [0.05, 0.1) is 11.6 Å². The van der Waals surface area contributed by atoms with Gasteiger partial charge >= 0.3 is 0 Å². The molecule has 6 heteroatoms. The maximum atomic E-state index is 11.3. The van der Waals surface area contributed by atoms with Crippen molar-refractivity contribution in [3.8, 4) is 0 Å². The van der Waals surface area contributed by atoms with Crippen LogP contribution in [-0.4, -0.2) is 22.3 Å². The maximum absolute atomic E-state index is 11.3. The monoisotopic (exact) mass is 304 g/mol. The minimum absolute atomic E-state index is 0.146. The Morgan fingerprint density at radius 3 is 2.76 bits per heavy atom. The minimum Gasteiger partial charge on any atom is -0.399 e. The second kappa shape index (κ2) is 7.06. The summed E-state index contributed by atoms with van der Waals surface area (Å²) in [5, 5.41) is 0.569. The highest BCUT2D eigenvalue weighted by atomic mass is 35.5. The van der Waals surface area contributed by atoms with Gasteiger partial charge < -0.3 is 11.5 Å². The van der Waals surface area contributed by atoms with E-state index in [1.165, 1.54) is 0 Å². The second-order valence-electron chi connectivity index (χ2n) is 4.82. The van der Waals surface area contributed by atoms with E-state index in [0.717, 1.165) is 11.1 Å². The van der Waals surface area contributed by atoms with Crippen molar-refractivity contribution >= 4 is 23.2 Å². The Bertz CT molecular complexity index is 633. The van der Waals surface area contributed by atoms with Crippen LogP contribution in [0.3, 0.4) is 0 Å². The Hall–Kier alpha value is -2.11. The molecular weight excluding hydrogens is 288 g/mol. The first-order valence-electron chi connectivity index (χ1n) is 6.48. The molecule has 1 aromatic heterocycles. The molecule has 110 valence electrons. The van der Waals surface area contributed by atoms with Crippen molar-refractivity contribution in [2.45, 2.75) is 13.1 Å². The van der Waals surface area contributed by atoms with Gasteiger partial charge in [-0.3, -0.25) is 14.7 Å². The quantitative estimate of drug-likeness (QED) is 0.797. The number of aromatic nitrogens is 1. The maximum Gasteiger partial charge on any atom is 0.231 e. The number of halogens is 1. The molecule has 5 nitrogen and oxygen atoms in total. The summed E-state index contributed by atoms with van der Waals surface area (Å²) in [6.45, 7) is 1.22. The number of rotatable bonds is 6. The molecule has 4 N–H and O–H groups in total. The van der Waals surface area contributed by atoms with E-state index in [1.54, 1.807) is 12.4 Å². The third-order valence-electron chi connectivity index (χ3n) is 2.99.